The van der Waals surface area contributed by atoms with E-state index >= 15 is 0 Å². The number of aromatic carboxylic acids is 1. The zero-order valence-corrected chi connectivity index (χ0v) is 9.63. The van der Waals surface area contributed by atoms with E-state index in [0.717, 1.165) is 12.8 Å². The molecule has 1 aromatic rings. The molecule has 1 heterocycles. The predicted molar refractivity (Wildman–Crippen MR) is 61.0 cm³/mol. The molecule has 92 valence electrons. The summed E-state index contributed by atoms with van der Waals surface area (Å²) in [6, 6.07) is 0. The van der Waals surface area contributed by atoms with Gasteiger partial charge in [0.05, 0.1) is 19.0 Å². The van der Waals surface area contributed by atoms with Gasteiger partial charge in [-0.05, 0) is 12.8 Å². The number of carboxylic acid groups (broad SMARTS) is 1. The van der Waals surface area contributed by atoms with E-state index in [1.807, 2.05) is 11.9 Å². The third-order valence-corrected chi connectivity index (χ3v) is 3.11. The van der Waals surface area contributed by atoms with Gasteiger partial charge in [-0.1, -0.05) is 0 Å². The fourth-order valence-corrected chi connectivity index (χ4v) is 1.76. The molecule has 0 radical (unpaired) electrons. The van der Waals surface area contributed by atoms with Gasteiger partial charge in [0.1, 0.15) is 5.82 Å². The lowest BCUT2D eigenvalue weighted by atomic mass is 10.1. The number of aromatic nitrogens is 2. The van der Waals surface area contributed by atoms with Gasteiger partial charge in [0.15, 0.2) is 5.69 Å². The first-order valence-electron chi connectivity index (χ1n) is 5.44. The van der Waals surface area contributed by atoms with Crippen LogP contribution in [0.3, 0.4) is 0 Å². The van der Waals surface area contributed by atoms with Gasteiger partial charge in [-0.2, -0.15) is 0 Å². The second kappa shape index (κ2) is 4.29. The molecule has 0 unspecified atom stereocenters. The van der Waals surface area contributed by atoms with Gasteiger partial charge in [0.25, 0.3) is 0 Å². The highest BCUT2D eigenvalue weighted by Gasteiger charge is 2.43. The minimum absolute atomic E-state index is 0.00188. The van der Waals surface area contributed by atoms with E-state index in [-0.39, 0.29) is 17.7 Å². The summed E-state index contributed by atoms with van der Waals surface area (Å²) >= 11 is 0. The van der Waals surface area contributed by atoms with Crippen LogP contribution in [0.1, 0.15) is 23.3 Å². The summed E-state index contributed by atoms with van der Waals surface area (Å²) in [6.07, 6.45) is 4.73. The van der Waals surface area contributed by atoms with Crippen LogP contribution in [-0.4, -0.2) is 46.3 Å². The standard InChI is InChI=1S/C11H15N3O3/c1-14(6-11(7-15)2-3-11)9-5-12-8(4-13-9)10(16)17/h4-5,15H,2-3,6-7H2,1H3,(H,16,17). The van der Waals surface area contributed by atoms with Gasteiger partial charge in [-0.15, -0.1) is 0 Å². The molecule has 1 saturated carbocycles. The summed E-state index contributed by atoms with van der Waals surface area (Å²) in [5.41, 5.74) is -0.0625. The lowest BCUT2D eigenvalue weighted by Gasteiger charge is -2.22. The van der Waals surface area contributed by atoms with Crippen molar-refractivity contribution in [2.24, 2.45) is 5.41 Å². The fourth-order valence-electron chi connectivity index (χ4n) is 1.76. The molecule has 0 aliphatic heterocycles. The van der Waals surface area contributed by atoms with Crippen molar-refractivity contribution in [2.75, 3.05) is 25.1 Å². The monoisotopic (exact) mass is 237 g/mol. The van der Waals surface area contributed by atoms with Crippen LogP contribution in [0.25, 0.3) is 0 Å². The van der Waals surface area contributed by atoms with Crippen molar-refractivity contribution in [3.8, 4) is 0 Å². The van der Waals surface area contributed by atoms with Crippen LogP contribution in [0.2, 0.25) is 0 Å². The van der Waals surface area contributed by atoms with Crippen molar-refractivity contribution < 1.29 is 15.0 Å². The summed E-state index contributed by atoms with van der Waals surface area (Å²) in [4.78, 5) is 20.4. The van der Waals surface area contributed by atoms with Crippen LogP contribution in [0.15, 0.2) is 12.4 Å². The van der Waals surface area contributed by atoms with Crippen LogP contribution < -0.4 is 4.90 Å². The molecule has 0 spiro atoms. The third kappa shape index (κ3) is 2.52. The average Bonchev–Trinajstić information content (AvgIpc) is 3.09. The second-order valence-corrected chi connectivity index (χ2v) is 4.58. The Morgan fingerprint density at radius 3 is 2.59 bits per heavy atom. The number of hydrogen-bond donors (Lipinski definition) is 2. The first-order valence-corrected chi connectivity index (χ1v) is 5.44. The van der Waals surface area contributed by atoms with E-state index in [1.54, 1.807) is 0 Å². The molecule has 17 heavy (non-hydrogen) atoms. The Balaban J connectivity index is 2.04. The fraction of sp³-hybridized carbons (Fsp3) is 0.545. The van der Waals surface area contributed by atoms with Crippen LogP contribution >= 0.6 is 0 Å². The molecule has 2 N–H and O–H groups in total. The number of hydrogen-bond acceptors (Lipinski definition) is 5. The molecular weight excluding hydrogens is 222 g/mol. The Kier molecular flexibility index (Phi) is 2.97. The van der Waals surface area contributed by atoms with Crippen molar-refractivity contribution in [1.82, 2.24) is 9.97 Å². The lowest BCUT2D eigenvalue weighted by Crippen LogP contribution is -2.29. The van der Waals surface area contributed by atoms with Crippen molar-refractivity contribution in [1.29, 1.82) is 0 Å². The summed E-state index contributed by atoms with van der Waals surface area (Å²) in [5.74, 6) is -0.463. The minimum Gasteiger partial charge on any atom is -0.476 e. The number of carboxylic acids is 1. The SMILES string of the molecule is CN(CC1(CO)CC1)c1cnc(C(=O)O)cn1. The molecule has 2 rings (SSSR count). The Labute approximate surface area is 98.9 Å². The smallest absolute Gasteiger partial charge is 0.356 e. The largest absolute Gasteiger partial charge is 0.476 e. The van der Waals surface area contributed by atoms with E-state index in [2.05, 4.69) is 9.97 Å². The normalized spacial score (nSPS) is 16.6. The number of nitrogens with zero attached hydrogens (tertiary/aromatic N) is 3. The third-order valence-electron chi connectivity index (χ3n) is 3.11. The Morgan fingerprint density at radius 1 is 1.47 bits per heavy atom. The van der Waals surface area contributed by atoms with E-state index in [0.29, 0.717) is 12.4 Å². The number of anilines is 1. The number of aliphatic hydroxyl groups excluding tert-OH is 1. The quantitative estimate of drug-likeness (QED) is 0.770. The summed E-state index contributed by atoms with van der Waals surface area (Å²) in [6.45, 7) is 0.891. The highest BCUT2D eigenvalue weighted by atomic mass is 16.4. The Morgan fingerprint density at radius 2 is 2.18 bits per heavy atom. The first kappa shape index (κ1) is 11.8. The van der Waals surface area contributed by atoms with Gasteiger partial charge >= 0.3 is 5.97 Å². The van der Waals surface area contributed by atoms with Crippen LogP contribution in [0, 0.1) is 5.41 Å². The molecule has 0 atom stereocenters. The summed E-state index contributed by atoms with van der Waals surface area (Å²) < 4.78 is 0. The van der Waals surface area contributed by atoms with E-state index in [1.165, 1.54) is 12.4 Å². The van der Waals surface area contributed by atoms with Crippen molar-refractivity contribution in [3.63, 3.8) is 0 Å². The Bertz CT molecular complexity index is 414. The molecule has 0 amide bonds. The molecule has 1 fully saturated rings. The molecule has 6 nitrogen and oxygen atoms in total. The molecule has 0 aromatic carbocycles. The van der Waals surface area contributed by atoms with Crippen molar-refractivity contribution in [2.45, 2.75) is 12.8 Å². The number of carbonyl (C=O) groups is 1. The number of rotatable bonds is 5. The van der Waals surface area contributed by atoms with Crippen molar-refractivity contribution in [3.05, 3.63) is 18.1 Å². The Hall–Kier alpha value is -1.69. The van der Waals surface area contributed by atoms with Gasteiger partial charge in [-0.3, -0.25) is 0 Å². The molecule has 0 bridgehead atoms. The molecule has 6 heteroatoms. The van der Waals surface area contributed by atoms with Crippen LogP contribution in [0.5, 0.6) is 0 Å². The number of aliphatic hydroxyl groups is 1. The lowest BCUT2D eigenvalue weighted by molar-refractivity contribution is 0.0690. The van der Waals surface area contributed by atoms with Gasteiger partial charge in [0.2, 0.25) is 0 Å². The van der Waals surface area contributed by atoms with E-state index in [9.17, 15) is 9.90 Å². The average molecular weight is 237 g/mol. The molecule has 1 aromatic heterocycles. The van der Waals surface area contributed by atoms with Gasteiger partial charge in [0, 0.05) is 19.0 Å². The summed E-state index contributed by atoms with van der Waals surface area (Å²) in [5, 5.41) is 17.9. The highest BCUT2D eigenvalue weighted by molar-refractivity contribution is 5.84. The van der Waals surface area contributed by atoms with E-state index in [4.69, 9.17) is 5.11 Å². The zero-order chi connectivity index (χ0) is 12.5. The maximum absolute atomic E-state index is 10.6. The molecule has 0 saturated heterocycles. The summed E-state index contributed by atoms with van der Waals surface area (Å²) in [7, 11) is 1.86. The molecular formula is C11H15N3O3. The maximum Gasteiger partial charge on any atom is 0.356 e. The van der Waals surface area contributed by atoms with Gasteiger partial charge in [-0.25, -0.2) is 14.8 Å². The van der Waals surface area contributed by atoms with Crippen LogP contribution in [0.4, 0.5) is 5.82 Å². The molecule has 1 aliphatic rings. The molecule has 1 aliphatic carbocycles. The van der Waals surface area contributed by atoms with E-state index < -0.39 is 5.97 Å². The predicted octanol–water partition coefficient (Wildman–Crippen LogP) is 0.383. The topological polar surface area (TPSA) is 86.5 Å². The zero-order valence-electron chi connectivity index (χ0n) is 9.63. The first-order chi connectivity index (χ1) is 8.06. The van der Waals surface area contributed by atoms with Crippen molar-refractivity contribution >= 4 is 11.8 Å². The van der Waals surface area contributed by atoms with Gasteiger partial charge < -0.3 is 15.1 Å². The van der Waals surface area contributed by atoms with Crippen LogP contribution in [-0.2, 0) is 0 Å². The second-order valence-electron chi connectivity index (χ2n) is 4.58. The minimum atomic E-state index is -1.08. The maximum atomic E-state index is 10.6. The highest BCUT2D eigenvalue weighted by Crippen LogP contribution is 2.45.